The molecule has 0 aliphatic heterocycles. The molecule has 1 nitrogen and oxygen atoms in total. The van der Waals surface area contributed by atoms with Crippen molar-refractivity contribution in [3.05, 3.63) is 107 Å². The number of allylic oxidation sites excluding steroid dienone is 5. The molecule has 1 heterocycles. The Morgan fingerprint density at radius 3 is 2.66 bits per heavy atom. The van der Waals surface area contributed by atoms with Gasteiger partial charge in [-0.2, -0.15) is 0 Å². The molecule has 0 radical (unpaired) electrons. The molecule has 2 aliphatic carbocycles. The first-order valence-corrected chi connectivity index (χ1v) is 10.0. The van der Waals surface area contributed by atoms with E-state index in [9.17, 15) is 0 Å². The van der Waals surface area contributed by atoms with E-state index in [4.69, 9.17) is 4.42 Å². The topological polar surface area (TPSA) is 13.1 Å². The molecule has 138 valence electrons. The fraction of sp³-hybridized carbons (Fsp3) is 0.107. The minimum absolute atomic E-state index is 0.0463. The highest BCUT2D eigenvalue weighted by molar-refractivity contribution is 6.09. The van der Waals surface area contributed by atoms with Crippen molar-refractivity contribution in [2.45, 2.75) is 19.3 Å². The second kappa shape index (κ2) is 5.73. The average molecular weight is 372 g/mol. The van der Waals surface area contributed by atoms with Gasteiger partial charge >= 0.3 is 0 Å². The average Bonchev–Trinajstić information content (AvgIpc) is 3.06. The monoisotopic (exact) mass is 372 g/mol. The van der Waals surface area contributed by atoms with E-state index in [0.29, 0.717) is 0 Å². The summed E-state index contributed by atoms with van der Waals surface area (Å²) in [6.45, 7) is 4.62. The van der Waals surface area contributed by atoms with Crippen molar-refractivity contribution in [3.63, 3.8) is 0 Å². The molecule has 6 rings (SSSR count). The van der Waals surface area contributed by atoms with E-state index in [-0.39, 0.29) is 5.41 Å². The van der Waals surface area contributed by atoms with Gasteiger partial charge in [-0.3, -0.25) is 0 Å². The Kier molecular flexibility index (Phi) is 3.25. The highest BCUT2D eigenvalue weighted by Crippen LogP contribution is 2.49. The number of rotatable bonds is 1. The number of benzene rings is 3. The fourth-order valence-electron chi connectivity index (χ4n) is 4.85. The highest BCUT2D eigenvalue weighted by Gasteiger charge is 2.36. The number of hydrogen-bond acceptors (Lipinski definition) is 1. The lowest BCUT2D eigenvalue weighted by molar-refractivity contribution is 0.654. The van der Waals surface area contributed by atoms with Gasteiger partial charge in [0.25, 0.3) is 0 Å². The van der Waals surface area contributed by atoms with E-state index in [1.165, 1.54) is 38.6 Å². The molecule has 2 aliphatic rings. The van der Waals surface area contributed by atoms with Crippen LogP contribution in [-0.4, -0.2) is 0 Å². The van der Waals surface area contributed by atoms with Gasteiger partial charge in [-0.1, -0.05) is 74.5 Å². The molecule has 1 aromatic heterocycles. The highest BCUT2D eigenvalue weighted by atomic mass is 16.3. The van der Waals surface area contributed by atoms with Crippen molar-refractivity contribution in [2.24, 2.45) is 0 Å². The molecule has 0 N–H and O–H groups in total. The molecule has 4 aromatic rings. The van der Waals surface area contributed by atoms with Crippen LogP contribution in [0.5, 0.6) is 0 Å². The van der Waals surface area contributed by atoms with E-state index in [2.05, 4.69) is 86.3 Å². The molecule has 3 aromatic carbocycles. The van der Waals surface area contributed by atoms with Crippen LogP contribution in [0.25, 0.3) is 38.6 Å². The van der Waals surface area contributed by atoms with E-state index in [1.807, 2.05) is 18.2 Å². The predicted octanol–water partition coefficient (Wildman–Crippen LogP) is 7.58. The summed E-state index contributed by atoms with van der Waals surface area (Å²) in [7, 11) is 0. The van der Waals surface area contributed by atoms with Crippen molar-refractivity contribution in [2.75, 3.05) is 0 Å². The van der Waals surface area contributed by atoms with Gasteiger partial charge in [-0.15, -0.1) is 5.73 Å². The van der Waals surface area contributed by atoms with Crippen molar-refractivity contribution < 1.29 is 4.42 Å². The van der Waals surface area contributed by atoms with Crippen LogP contribution in [-0.2, 0) is 5.41 Å². The molecule has 0 unspecified atom stereocenters. The third-order valence-corrected chi connectivity index (χ3v) is 6.34. The SMILES string of the molecule is CC1(C)C2=C(C=C=CC=C2)c2ccc(-c3cccc4c3oc3ccccc34)cc21. The summed E-state index contributed by atoms with van der Waals surface area (Å²) in [6.07, 6.45) is 8.40. The van der Waals surface area contributed by atoms with Crippen molar-refractivity contribution >= 4 is 27.5 Å². The standard InChI is InChI=1S/C28H20O/c1-28(2)24-13-5-3-4-9-20(24)21-16-15-18(17-25(21)28)19-11-8-12-23-22-10-6-7-14-26(22)29-27(19)23/h3,5-17H,1-2H3. The minimum atomic E-state index is -0.0463. The lowest BCUT2D eigenvalue weighted by atomic mass is 9.80. The third kappa shape index (κ3) is 2.23. The Hall–Kier alpha value is -3.54. The van der Waals surface area contributed by atoms with Crippen LogP contribution in [0.2, 0.25) is 0 Å². The molecule has 0 fully saturated rings. The molecule has 0 spiro atoms. The van der Waals surface area contributed by atoms with Gasteiger partial charge in [0.1, 0.15) is 11.2 Å². The third-order valence-electron chi connectivity index (χ3n) is 6.34. The summed E-state index contributed by atoms with van der Waals surface area (Å²) in [5, 5.41) is 2.34. The number of furan rings is 1. The van der Waals surface area contributed by atoms with Crippen LogP contribution in [0.3, 0.4) is 0 Å². The van der Waals surface area contributed by atoms with Gasteiger partial charge in [0.2, 0.25) is 0 Å². The van der Waals surface area contributed by atoms with Gasteiger partial charge in [-0.05, 0) is 52.1 Å². The van der Waals surface area contributed by atoms with Crippen molar-refractivity contribution in [1.82, 2.24) is 0 Å². The van der Waals surface area contributed by atoms with Crippen molar-refractivity contribution in [1.29, 1.82) is 0 Å². The Morgan fingerprint density at radius 1 is 0.862 bits per heavy atom. The Bertz CT molecular complexity index is 1450. The summed E-state index contributed by atoms with van der Waals surface area (Å²) in [5.74, 6) is 0. The second-order valence-electron chi connectivity index (χ2n) is 8.33. The van der Waals surface area contributed by atoms with Crippen LogP contribution in [0.1, 0.15) is 25.0 Å². The molecule has 0 atom stereocenters. The zero-order valence-corrected chi connectivity index (χ0v) is 16.5. The maximum absolute atomic E-state index is 6.28. The second-order valence-corrected chi connectivity index (χ2v) is 8.33. The molecule has 29 heavy (non-hydrogen) atoms. The molecule has 0 saturated carbocycles. The van der Waals surface area contributed by atoms with Gasteiger partial charge < -0.3 is 4.42 Å². The van der Waals surface area contributed by atoms with Crippen LogP contribution in [0.4, 0.5) is 0 Å². The van der Waals surface area contributed by atoms with Crippen molar-refractivity contribution in [3.8, 4) is 11.1 Å². The summed E-state index contributed by atoms with van der Waals surface area (Å²) >= 11 is 0. The molecule has 0 amide bonds. The molecular formula is C28H20O. The summed E-state index contributed by atoms with van der Waals surface area (Å²) < 4.78 is 6.28. The van der Waals surface area contributed by atoms with E-state index in [0.717, 1.165) is 16.7 Å². The van der Waals surface area contributed by atoms with Crippen LogP contribution < -0.4 is 0 Å². The normalized spacial score (nSPS) is 16.5. The summed E-state index contributed by atoms with van der Waals surface area (Å²) in [5.41, 5.74) is 12.8. The first-order valence-electron chi connectivity index (χ1n) is 10.0. The van der Waals surface area contributed by atoms with Crippen LogP contribution in [0.15, 0.2) is 101 Å². The lowest BCUT2D eigenvalue weighted by Gasteiger charge is -2.23. The molecule has 1 heteroatoms. The zero-order valence-electron chi connectivity index (χ0n) is 16.5. The van der Waals surface area contributed by atoms with E-state index < -0.39 is 0 Å². The van der Waals surface area contributed by atoms with E-state index in [1.54, 1.807) is 0 Å². The van der Waals surface area contributed by atoms with Crippen LogP contribution >= 0.6 is 0 Å². The lowest BCUT2D eigenvalue weighted by Crippen LogP contribution is -2.16. The smallest absolute Gasteiger partial charge is 0.143 e. The van der Waals surface area contributed by atoms with E-state index >= 15 is 0 Å². The zero-order chi connectivity index (χ0) is 19.6. The number of fused-ring (bicyclic) bond motifs is 5. The van der Waals surface area contributed by atoms with Gasteiger partial charge in [0.15, 0.2) is 0 Å². The quantitative estimate of drug-likeness (QED) is 0.314. The largest absolute Gasteiger partial charge is 0.455 e. The predicted molar refractivity (Wildman–Crippen MR) is 121 cm³/mol. The first kappa shape index (κ1) is 16.4. The first-order chi connectivity index (χ1) is 14.1. The molecule has 0 bridgehead atoms. The van der Waals surface area contributed by atoms with Crippen LogP contribution in [0, 0.1) is 0 Å². The van der Waals surface area contributed by atoms with Gasteiger partial charge in [0, 0.05) is 21.8 Å². The Labute approximate surface area is 170 Å². The number of hydrogen-bond donors (Lipinski definition) is 0. The molecular weight excluding hydrogens is 352 g/mol. The maximum Gasteiger partial charge on any atom is 0.143 e. The molecule has 0 saturated heterocycles. The summed E-state index contributed by atoms with van der Waals surface area (Å²) in [4.78, 5) is 0. The summed E-state index contributed by atoms with van der Waals surface area (Å²) in [6, 6.07) is 21.5. The minimum Gasteiger partial charge on any atom is -0.455 e. The maximum atomic E-state index is 6.28. The Morgan fingerprint density at radius 2 is 1.72 bits per heavy atom. The van der Waals surface area contributed by atoms with Gasteiger partial charge in [-0.25, -0.2) is 0 Å². The van der Waals surface area contributed by atoms with Gasteiger partial charge in [0.05, 0.1) is 0 Å². The fourth-order valence-corrected chi connectivity index (χ4v) is 4.85. The number of para-hydroxylation sites is 2. The Balaban J connectivity index is 1.59.